The van der Waals surface area contributed by atoms with Gasteiger partial charge in [0.05, 0.1) is 12.8 Å². The van der Waals surface area contributed by atoms with E-state index in [1.54, 1.807) is 31.2 Å². The van der Waals surface area contributed by atoms with Crippen LogP contribution in [0.3, 0.4) is 0 Å². The SMILES string of the molecule is CCNC(=NCC(C)(O)c1ccco1)NCCc1nc(-c2cccc(Cl)c2)no1. The fourth-order valence-electron chi connectivity index (χ4n) is 2.63. The summed E-state index contributed by atoms with van der Waals surface area (Å²) in [7, 11) is 0. The second kappa shape index (κ2) is 9.58. The van der Waals surface area contributed by atoms with Crippen LogP contribution in [0.25, 0.3) is 11.4 Å². The molecule has 0 saturated carbocycles. The van der Waals surface area contributed by atoms with E-state index in [0.717, 1.165) is 5.56 Å². The number of rotatable bonds is 8. The van der Waals surface area contributed by atoms with Crippen LogP contribution in [0.5, 0.6) is 0 Å². The van der Waals surface area contributed by atoms with Gasteiger partial charge in [0, 0.05) is 30.1 Å². The van der Waals surface area contributed by atoms with Gasteiger partial charge in [0.25, 0.3) is 0 Å². The van der Waals surface area contributed by atoms with Gasteiger partial charge in [-0.1, -0.05) is 28.9 Å². The molecule has 0 bridgehead atoms. The van der Waals surface area contributed by atoms with Gasteiger partial charge in [-0.05, 0) is 38.1 Å². The quantitative estimate of drug-likeness (QED) is 0.382. The number of hydrogen-bond donors (Lipinski definition) is 3. The van der Waals surface area contributed by atoms with Crippen molar-refractivity contribution in [3.8, 4) is 11.4 Å². The molecule has 0 saturated heterocycles. The standard InChI is InChI=1S/C20H24ClN5O3/c1-3-22-19(24-13-20(2,27)16-8-5-11-28-16)23-10-9-17-25-18(26-29-17)14-6-4-7-15(21)12-14/h4-8,11-12,27H,3,9-10,13H2,1-2H3,(H2,22,23,24). The van der Waals surface area contributed by atoms with E-state index in [2.05, 4.69) is 25.8 Å². The molecule has 1 unspecified atom stereocenters. The molecule has 1 aromatic carbocycles. The molecule has 0 amide bonds. The van der Waals surface area contributed by atoms with Crippen LogP contribution in [-0.4, -0.2) is 40.8 Å². The van der Waals surface area contributed by atoms with Crippen LogP contribution < -0.4 is 10.6 Å². The lowest BCUT2D eigenvalue weighted by Gasteiger charge is -2.19. The number of nitrogens with zero attached hydrogens (tertiary/aromatic N) is 3. The number of furan rings is 1. The molecular weight excluding hydrogens is 394 g/mol. The molecule has 0 spiro atoms. The predicted molar refractivity (Wildman–Crippen MR) is 111 cm³/mol. The highest BCUT2D eigenvalue weighted by Gasteiger charge is 2.26. The Labute approximate surface area is 174 Å². The number of halogens is 1. The molecule has 0 radical (unpaired) electrons. The van der Waals surface area contributed by atoms with Crippen molar-refractivity contribution < 1.29 is 14.0 Å². The lowest BCUT2D eigenvalue weighted by atomic mass is 10.0. The fourth-order valence-corrected chi connectivity index (χ4v) is 2.82. The molecule has 29 heavy (non-hydrogen) atoms. The van der Waals surface area contributed by atoms with E-state index >= 15 is 0 Å². The zero-order valence-electron chi connectivity index (χ0n) is 16.4. The third-order valence-corrected chi connectivity index (χ3v) is 4.36. The summed E-state index contributed by atoms with van der Waals surface area (Å²) in [6.45, 7) is 5.00. The van der Waals surface area contributed by atoms with Crippen molar-refractivity contribution in [2.45, 2.75) is 25.9 Å². The maximum atomic E-state index is 10.5. The monoisotopic (exact) mass is 417 g/mol. The average molecular weight is 418 g/mol. The Kier molecular flexibility index (Phi) is 6.90. The summed E-state index contributed by atoms with van der Waals surface area (Å²) in [5.74, 6) is 2.05. The van der Waals surface area contributed by atoms with Crippen LogP contribution in [0.2, 0.25) is 5.02 Å². The van der Waals surface area contributed by atoms with Gasteiger partial charge >= 0.3 is 0 Å². The zero-order valence-corrected chi connectivity index (χ0v) is 17.1. The van der Waals surface area contributed by atoms with Crippen molar-refractivity contribution in [2.24, 2.45) is 4.99 Å². The molecule has 2 aromatic heterocycles. The summed E-state index contributed by atoms with van der Waals surface area (Å²) in [5.41, 5.74) is -0.389. The van der Waals surface area contributed by atoms with Gasteiger partial charge in [0.15, 0.2) is 5.96 Å². The number of nitrogens with one attached hydrogen (secondary N) is 2. The first-order valence-electron chi connectivity index (χ1n) is 9.35. The Balaban J connectivity index is 1.56. The first-order valence-corrected chi connectivity index (χ1v) is 9.73. The molecule has 3 N–H and O–H groups in total. The van der Waals surface area contributed by atoms with Gasteiger partial charge < -0.3 is 24.7 Å². The summed E-state index contributed by atoms with van der Waals surface area (Å²) in [6.07, 6.45) is 2.05. The Morgan fingerprint density at radius 1 is 1.28 bits per heavy atom. The highest BCUT2D eigenvalue weighted by Crippen LogP contribution is 2.21. The van der Waals surface area contributed by atoms with E-state index in [4.69, 9.17) is 20.5 Å². The van der Waals surface area contributed by atoms with Crippen molar-refractivity contribution in [1.82, 2.24) is 20.8 Å². The number of hydrogen-bond acceptors (Lipinski definition) is 6. The second-order valence-electron chi connectivity index (χ2n) is 6.65. The van der Waals surface area contributed by atoms with Gasteiger partial charge in [-0.3, -0.25) is 0 Å². The maximum absolute atomic E-state index is 10.5. The summed E-state index contributed by atoms with van der Waals surface area (Å²) in [6, 6.07) is 10.8. The largest absolute Gasteiger partial charge is 0.466 e. The number of aromatic nitrogens is 2. The average Bonchev–Trinajstić information content (AvgIpc) is 3.39. The zero-order chi connectivity index (χ0) is 20.7. The van der Waals surface area contributed by atoms with Crippen molar-refractivity contribution in [3.05, 3.63) is 59.3 Å². The Hall–Kier alpha value is -2.84. The minimum absolute atomic E-state index is 0.148. The third-order valence-electron chi connectivity index (χ3n) is 4.12. The van der Waals surface area contributed by atoms with Crippen LogP contribution in [0, 0.1) is 0 Å². The summed E-state index contributed by atoms with van der Waals surface area (Å²) >= 11 is 6.00. The molecule has 3 aromatic rings. The molecule has 0 aliphatic heterocycles. The number of benzene rings is 1. The lowest BCUT2D eigenvalue weighted by Crippen LogP contribution is -2.39. The van der Waals surface area contributed by atoms with Crippen molar-refractivity contribution >= 4 is 17.6 Å². The van der Waals surface area contributed by atoms with E-state index in [1.807, 2.05) is 19.1 Å². The van der Waals surface area contributed by atoms with Crippen LogP contribution >= 0.6 is 11.6 Å². The molecule has 2 heterocycles. The lowest BCUT2D eigenvalue weighted by molar-refractivity contribution is 0.0437. The molecule has 9 heteroatoms. The minimum atomic E-state index is -1.19. The van der Waals surface area contributed by atoms with E-state index in [-0.39, 0.29) is 6.54 Å². The molecule has 3 rings (SSSR count). The first-order chi connectivity index (χ1) is 14.0. The van der Waals surface area contributed by atoms with E-state index < -0.39 is 5.60 Å². The fraction of sp³-hybridized carbons (Fsp3) is 0.350. The predicted octanol–water partition coefficient (Wildman–Crippen LogP) is 2.99. The number of aliphatic hydroxyl groups is 1. The maximum Gasteiger partial charge on any atom is 0.228 e. The summed E-state index contributed by atoms with van der Waals surface area (Å²) in [4.78, 5) is 8.83. The Morgan fingerprint density at radius 3 is 2.86 bits per heavy atom. The minimum Gasteiger partial charge on any atom is -0.466 e. The van der Waals surface area contributed by atoms with Crippen LogP contribution in [0.1, 0.15) is 25.5 Å². The topological polar surface area (TPSA) is 109 Å². The molecule has 8 nitrogen and oxygen atoms in total. The van der Waals surface area contributed by atoms with E-state index in [9.17, 15) is 5.11 Å². The Bertz CT molecular complexity index is 937. The molecule has 1 atom stereocenters. The van der Waals surface area contributed by atoms with Gasteiger partial charge in [-0.25, -0.2) is 4.99 Å². The molecular formula is C20H24ClN5O3. The third kappa shape index (κ3) is 5.82. The number of aliphatic imine (C=N–C) groups is 1. The summed E-state index contributed by atoms with van der Waals surface area (Å²) < 4.78 is 10.6. The van der Waals surface area contributed by atoms with E-state index in [1.165, 1.54) is 6.26 Å². The van der Waals surface area contributed by atoms with Crippen LogP contribution in [0.4, 0.5) is 0 Å². The van der Waals surface area contributed by atoms with Crippen molar-refractivity contribution in [3.63, 3.8) is 0 Å². The second-order valence-corrected chi connectivity index (χ2v) is 7.08. The van der Waals surface area contributed by atoms with Gasteiger partial charge in [-0.15, -0.1) is 0 Å². The van der Waals surface area contributed by atoms with Gasteiger partial charge in [0.2, 0.25) is 11.7 Å². The van der Waals surface area contributed by atoms with Crippen LogP contribution in [-0.2, 0) is 12.0 Å². The van der Waals surface area contributed by atoms with Gasteiger partial charge in [-0.2, -0.15) is 4.98 Å². The molecule has 0 aliphatic carbocycles. The normalized spacial score (nSPS) is 13.9. The van der Waals surface area contributed by atoms with E-state index in [0.29, 0.717) is 48.0 Å². The Morgan fingerprint density at radius 2 is 2.14 bits per heavy atom. The smallest absolute Gasteiger partial charge is 0.228 e. The molecule has 154 valence electrons. The highest BCUT2D eigenvalue weighted by atomic mass is 35.5. The van der Waals surface area contributed by atoms with Crippen molar-refractivity contribution in [2.75, 3.05) is 19.6 Å². The van der Waals surface area contributed by atoms with Crippen molar-refractivity contribution in [1.29, 1.82) is 0 Å². The summed E-state index contributed by atoms with van der Waals surface area (Å²) in [5, 5.41) is 21.5. The first kappa shape index (κ1) is 20.9. The molecule has 0 aliphatic rings. The highest BCUT2D eigenvalue weighted by molar-refractivity contribution is 6.30. The molecule has 0 fully saturated rings. The number of guanidine groups is 1. The van der Waals surface area contributed by atoms with Gasteiger partial charge in [0.1, 0.15) is 11.4 Å². The van der Waals surface area contributed by atoms with Crippen LogP contribution in [0.15, 0.2) is 56.6 Å².